The van der Waals surface area contributed by atoms with Gasteiger partial charge in [0, 0.05) is 23.1 Å². The second kappa shape index (κ2) is 6.10. The Morgan fingerprint density at radius 1 is 1.21 bits per heavy atom. The Morgan fingerprint density at radius 3 is 2.53 bits per heavy atom. The predicted octanol–water partition coefficient (Wildman–Crippen LogP) is 4.61. The number of nitriles is 1. The van der Waals surface area contributed by atoms with Gasteiger partial charge in [-0.05, 0) is 45.8 Å². The number of rotatable bonds is 3. The van der Waals surface area contributed by atoms with Crippen molar-refractivity contribution < 1.29 is 0 Å². The maximum Gasteiger partial charge on any atom is 0.103 e. The van der Waals surface area contributed by atoms with Crippen LogP contribution in [0.15, 0.2) is 46.9 Å². The van der Waals surface area contributed by atoms with Crippen molar-refractivity contribution in [2.75, 3.05) is 11.9 Å². The van der Waals surface area contributed by atoms with Gasteiger partial charge in [0.15, 0.2) is 0 Å². The molecular weight excluding hydrogens is 324 g/mol. The van der Waals surface area contributed by atoms with Gasteiger partial charge in [0.2, 0.25) is 0 Å². The summed E-state index contributed by atoms with van der Waals surface area (Å²) >= 11 is 9.27. The van der Waals surface area contributed by atoms with Crippen molar-refractivity contribution in [2.24, 2.45) is 0 Å². The molecule has 0 fully saturated rings. The summed E-state index contributed by atoms with van der Waals surface area (Å²) in [6.07, 6.45) is 0. The third-order valence-electron chi connectivity index (χ3n) is 2.85. The van der Waals surface area contributed by atoms with Crippen molar-refractivity contribution >= 4 is 33.2 Å². The molecule has 2 rings (SSSR count). The van der Waals surface area contributed by atoms with E-state index in [1.807, 2.05) is 54.4 Å². The van der Waals surface area contributed by atoms with E-state index < -0.39 is 0 Å². The van der Waals surface area contributed by atoms with Gasteiger partial charge >= 0.3 is 0 Å². The Hall–Kier alpha value is -1.50. The molecule has 0 spiro atoms. The first kappa shape index (κ1) is 13.9. The van der Waals surface area contributed by atoms with Crippen LogP contribution in [0.4, 0.5) is 5.69 Å². The first-order valence-corrected chi connectivity index (χ1v) is 6.93. The molecule has 2 aromatic rings. The van der Waals surface area contributed by atoms with Gasteiger partial charge < -0.3 is 4.90 Å². The summed E-state index contributed by atoms with van der Waals surface area (Å²) < 4.78 is 0.815. The molecule has 0 bridgehead atoms. The molecule has 0 N–H and O–H groups in total. The van der Waals surface area contributed by atoms with Crippen LogP contribution in [-0.2, 0) is 6.54 Å². The number of nitrogens with zero attached hydrogens (tertiary/aromatic N) is 2. The lowest BCUT2D eigenvalue weighted by Crippen LogP contribution is -2.17. The number of halogens is 2. The van der Waals surface area contributed by atoms with Crippen molar-refractivity contribution in [3.05, 3.63) is 63.1 Å². The van der Waals surface area contributed by atoms with Crippen molar-refractivity contribution in [3.63, 3.8) is 0 Å². The highest BCUT2D eigenvalue weighted by molar-refractivity contribution is 9.10. The SMILES string of the molecule is CN(Cc1ccc(Cl)cc1)c1cccc(Br)c1C#N. The maximum absolute atomic E-state index is 9.23. The quantitative estimate of drug-likeness (QED) is 0.819. The summed E-state index contributed by atoms with van der Waals surface area (Å²) in [4.78, 5) is 2.05. The maximum atomic E-state index is 9.23. The molecule has 0 radical (unpaired) electrons. The first-order valence-electron chi connectivity index (χ1n) is 5.76. The highest BCUT2D eigenvalue weighted by Gasteiger charge is 2.10. The van der Waals surface area contributed by atoms with Gasteiger partial charge in [0.05, 0.1) is 11.3 Å². The van der Waals surface area contributed by atoms with E-state index in [-0.39, 0.29) is 0 Å². The number of anilines is 1. The van der Waals surface area contributed by atoms with E-state index in [2.05, 4.69) is 22.0 Å². The molecule has 0 unspecified atom stereocenters. The van der Waals surface area contributed by atoms with E-state index in [0.717, 1.165) is 27.3 Å². The van der Waals surface area contributed by atoms with Gasteiger partial charge in [-0.15, -0.1) is 0 Å². The standard InChI is InChI=1S/C15H12BrClN2/c1-19(10-11-5-7-12(17)8-6-11)15-4-2-3-14(16)13(15)9-18/h2-8H,10H2,1H3. The van der Waals surface area contributed by atoms with Crippen LogP contribution in [0.25, 0.3) is 0 Å². The van der Waals surface area contributed by atoms with Crippen molar-refractivity contribution in [2.45, 2.75) is 6.54 Å². The number of benzene rings is 2. The van der Waals surface area contributed by atoms with Crippen molar-refractivity contribution in [1.82, 2.24) is 0 Å². The number of hydrogen-bond acceptors (Lipinski definition) is 2. The largest absolute Gasteiger partial charge is 0.369 e. The normalized spacial score (nSPS) is 10.0. The molecule has 0 amide bonds. The minimum absolute atomic E-state index is 0.652. The van der Waals surface area contributed by atoms with Crippen LogP contribution in [0, 0.1) is 11.3 Å². The zero-order valence-electron chi connectivity index (χ0n) is 10.4. The van der Waals surface area contributed by atoms with Gasteiger partial charge in [-0.1, -0.05) is 29.8 Å². The van der Waals surface area contributed by atoms with E-state index in [9.17, 15) is 5.26 Å². The van der Waals surface area contributed by atoms with E-state index in [0.29, 0.717) is 5.56 Å². The third-order valence-corrected chi connectivity index (χ3v) is 3.76. The van der Waals surface area contributed by atoms with E-state index in [4.69, 9.17) is 11.6 Å². The lowest BCUT2D eigenvalue weighted by molar-refractivity contribution is 0.920. The van der Waals surface area contributed by atoms with Crippen LogP contribution in [0.2, 0.25) is 5.02 Å². The monoisotopic (exact) mass is 334 g/mol. The van der Waals surface area contributed by atoms with E-state index >= 15 is 0 Å². The summed E-state index contributed by atoms with van der Waals surface area (Å²) in [6, 6.07) is 15.7. The second-order valence-electron chi connectivity index (χ2n) is 4.23. The summed E-state index contributed by atoms with van der Waals surface area (Å²) in [5, 5.41) is 9.95. The lowest BCUT2D eigenvalue weighted by Gasteiger charge is -2.21. The van der Waals surface area contributed by atoms with Crippen molar-refractivity contribution in [3.8, 4) is 6.07 Å². The number of hydrogen-bond donors (Lipinski definition) is 0. The molecule has 4 heteroatoms. The molecule has 0 saturated carbocycles. The van der Waals surface area contributed by atoms with Crippen LogP contribution in [0.5, 0.6) is 0 Å². The van der Waals surface area contributed by atoms with E-state index in [1.54, 1.807) is 0 Å². The molecule has 0 aliphatic carbocycles. The topological polar surface area (TPSA) is 27.0 Å². The minimum atomic E-state index is 0.652. The van der Waals surface area contributed by atoms with Gasteiger partial charge in [0.1, 0.15) is 6.07 Å². The van der Waals surface area contributed by atoms with Gasteiger partial charge in [0.25, 0.3) is 0 Å². The Kier molecular flexibility index (Phi) is 4.47. The summed E-state index contributed by atoms with van der Waals surface area (Å²) in [6.45, 7) is 0.725. The molecular formula is C15H12BrClN2. The second-order valence-corrected chi connectivity index (χ2v) is 5.52. The molecule has 19 heavy (non-hydrogen) atoms. The fraction of sp³-hybridized carbons (Fsp3) is 0.133. The Labute approximate surface area is 126 Å². The van der Waals surface area contributed by atoms with Crippen molar-refractivity contribution in [1.29, 1.82) is 5.26 Å². The fourth-order valence-electron chi connectivity index (χ4n) is 1.89. The molecule has 2 aromatic carbocycles. The molecule has 2 nitrogen and oxygen atoms in total. The zero-order valence-corrected chi connectivity index (χ0v) is 12.7. The smallest absolute Gasteiger partial charge is 0.103 e. The summed E-state index contributed by atoms with van der Waals surface area (Å²) in [7, 11) is 1.97. The average Bonchev–Trinajstić information content (AvgIpc) is 2.41. The molecule has 96 valence electrons. The van der Waals surface area contributed by atoms with Crippen LogP contribution in [0.3, 0.4) is 0 Å². The summed E-state index contributed by atoms with van der Waals surface area (Å²) in [5.74, 6) is 0. The first-order chi connectivity index (χ1) is 9.11. The predicted molar refractivity (Wildman–Crippen MR) is 82.4 cm³/mol. The molecule has 0 aliphatic rings. The molecule has 0 aromatic heterocycles. The zero-order chi connectivity index (χ0) is 13.8. The van der Waals surface area contributed by atoms with Crippen LogP contribution in [0.1, 0.15) is 11.1 Å². The Bertz CT molecular complexity index is 617. The van der Waals surface area contributed by atoms with Crippen LogP contribution >= 0.6 is 27.5 Å². The van der Waals surface area contributed by atoms with Crippen LogP contribution in [-0.4, -0.2) is 7.05 Å². The van der Waals surface area contributed by atoms with Gasteiger partial charge in [-0.3, -0.25) is 0 Å². The highest BCUT2D eigenvalue weighted by Crippen LogP contribution is 2.27. The van der Waals surface area contributed by atoms with E-state index in [1.165, 1.54) is 0 Å². The Morgan fingerprint density at radius 2 is 1.89 bits per heavy atom. The minimum Gasteiger partial charge on any atom is -0.369 e. The van der Waals surface area contributed by atoms with Gasteiger partial charge in [-0.2, -0.15) is 5.26 Å². The molecule has 0 aliphatic heterocycles. The molecule has 0 heterocycles. The average molecular weight is 336 g/mol. The molecule has 0 saturated heterocycles. The fourth-order valence-corrected chi connectivity index (χ4v) is 2.46. The van der Waals surface area contributed by atoms with Gasteiger partial charge in [-0.25, -0.2) is 0 Å². The van der Waals surface area contributed by atoms with Crippen LogP contribution < -0.4 is 4.90 Å². The highest BCUT2D eigenvalue weighted by atomic mass is 79.9. The molecule has 0 atom stereocenters. The Balaban J connectivity index is 2.25. The lowest BCUT2D eigenvalue weighted by atomic mass is 10.1. The third kappa shape index (κ3) is 3.28. The summed E-state index contributed by atoms with van der Waals surface area (Å²) in [5.41, 5.74) is 2.71.